The smallest absolute Gasteiger partial charge is 0.124 e. The monoisotopic (exact) mass is 315 g/mol. The Kier molecular flexibility index (Phi) is 5.88. The molecule has 2 aromatic carbocycles. The first-order valence-electron chi connectivity index (χ1n) is 7.84. The molecular formula is C19H25NO3. The number of nitrogens with one attached hydrogen (secondary N) is 1. The highest BCUT2D eigenvalue weighted by Crippen LogP contribution is 2.26. The second-order valence-corrected chi connectivity index (χ2v) is 5.79. The molecular weight excluding hydrogens is 290 g/mol. The number of hydrogen-bond acceptors (Lipinski definition) is 4. The highest BCUT2D eigenvalue weighted by atomic mass is 16.5. The molecule has 1 unspecified atom stereocenters. The maximum Gasteiger partial charge on any atom is 0.124 e. The molecule has 0 aliphatic heterocycles. The van der Waals surface area contributed by atoms with Gasteiger partial charge in [-0.2, -0.15) is 0 Å². The summed E-state index contributed by atoms with van der Waals surface area (Å²) in [6.45, 7) is 6.08. The summed E-state index contributed by atoms with van der Waals surface area (Å²) in [6.07, 6.45) is 0.174. The van der Waals surface area contributed by atoms with Crippen molar-refractivity contribution in [1.29, 1.82) is 0 Å². The molecule has 0 aliphatic carbocycles. The van der Waals surface area contributed by atoms with Crippen molar-refractivity contribution >= 4 is 5.69 Å². The second-order valence-electron chi connectivity index (χ2n) is 5.79. The first-order chi connectivity index (χ1) is 11.0. The van der Waals surface area contributed by atoms with Gasteiger partial charge in [-0.3, -0.25) is 0 Å². The van der Waals surface area contributed by atoms with E-state index in [2.05, 4.69) is 24.4 Å². The summed E-state index contributed by atoms with van der Waals surface area (Å²) >= 11 is 0. The van der Waals surface area contributed by atoms with Gasteiger partial charge >= 0.3 is 0 Å². The van der Waals surface area contributed by atoms with Gasteiger partial charge in [-0.1, -0.05) is 12.1 Å². The Hall–Kier alpha value is -2.20. The summed E-state index contributed by atoms with van der Waals surface area (Å²) in [5.74, 6) is 1.57. The van der Waals surface area contributed by atoms with Crippen LogP contribution in [0, 0.1) is 0 Å². The Morgan fingerprint density at radius 1 is 1.04 bits per heavy atom. The van der Waals surface area contributed by atoms with Gasteiger partial charge in [-0.05, 0) is 56.7 Å². The summed E-state index contributed by atoms with van der Waals surface area (Å²) in [5, 5.41) is 12.8. The lowest BCUT2D eigenvalue weighted by Gasteiger charge is -2.18. The van der Waals surface area contributed by atoms with Gasteiger partial charge in [-0.25, -0.2) is 0 Å². The molecule has 124 valence electrons. The van der Waals surface area contributed by atoms with Crippen LogP contribution in [0.4, 0.5) is 5.69 Å². The standard InChI is InChI=1S/C19H25NO3/c1-13(2)23-18-8-5-15(6-9-18)14(3)20-17-7-10-19(22-4)16(11-17)12-21/h5-11,13-14,20-21H,12H2,1-4H3. The zero-order valence-electron chi connectivity index (χ0n) is 14.2. The molecule has 0 saturated carbocycles. The molecule has 0 spiro atoms. The van der Waals surface area contributed by atoms with Crippen LogP contribution >= 0.6 is 0 Å². The average molecular weight is 315 g/mol. The third kappa shape index (κ3) is 4.63. The van der Waals surface area contributed by atoms with Gasteiger partial charge in [0.15, 0.2) is 0 Å². The summed E-state index contributed by atoms with van der Waals surface area (Å²) in [4.78, 5) is 0. The van der Waals surface area contributed by atoms with E-state index in [1.54, 1.807) is 7.11 Å². The average Bonchev–Trinajstić information content (AvgIpc) is 2.54. The number of hydrogen-bond donors (Lipinski definition) is 2. The number of aliphatic hydroxyl groups excluding tert-OH is 1. The van der Waals surface area contributed by atoms with Gasteiger partial charge in [0.05, 0.1) is 19.8 Å². The molecule has 0 bridgehead atoms. The minimum absolute atomic E-state index is 0.0473. The topological polar surface area (TPSA) is 50.7 Å². The zero-order chi connectivity index (χ0) is 16.8. The maximum atomic E-state index is 9.41. The second kappa shape index (κ2) is 7.88. The van der Waals surface area contributed by atoms with Crippen molar-refractivity contribution in [3.05, 3.63) is 53.6 Å². The first kappa shape index (κ1) is 17.2. The van der Waals surface area contributed by atoms with E-state index in [0.717, 1.165) is 17.0 Å². The fourth-order valence-electron chi connectivity index (χ4n) is 2.43. The molecule has 0 heterocycles. The van der Waals surface area contributed by atoms with E-state index in [4.69, 9.17) is 9.47 Å². The number of benzene rings is 2. The summed E-state index contributed by atoms with van der Waals surface area (Å²) in [7, 11) is 1.60. The van der Waals surface area contributed by atoms with Gasteiger partial charge in [0.25, 0.3) is 0 Å². The number of rotatable bonds is 7. The summed E-state index contributed by atoms with van der Waals surface area (Å²) < 4.78 is 10.9. The van der Waals surface area contributed by atoms with E-state index in [-0.39, 0.29) is 18.8 Å². The molecule has 2 aromatic rings. The third-order valence-electron chi connectivity index (χ3n) is 3.59. The Morgan fingerprint density at radius 2 is 1.74 bits per heavy atom. The molecule has 0 aromatic heterocycles. The fraction of sp³-hybridized carbons (Fsp3) is 0.368. The number of methoxy groups -OCH3 is 1. The van der Waals surface area contributed by atoms with Crippen LogP contribution in [-0.4, -0.2) is 18.3 Å². The Balaban J connectivity index is 2.07. The van der Waals surface area contributed by atoms with Gasteiger partial charge < -0.3 is 19.9 Å². The molecule has 0 amide bonds. The fourth-order valence-corrected chi connectivity index (χ4v) is 2.43. The Morgan fingerprint density at radius 3 is 2.30 bits per heavy atom. The number of anilines is 1. The highest BCUT2D eigenvalue weighted by Gasteiger charge is 2.08. The van der Waals surface area contributed by atoms with E-state index >= 15 is 0 Å². The summed E-state index contributed by atoms with van der Waals surface area (Å²) in [6, 6.07) is 14.0. The Bertz CT molecular complexity index is 623. The van der Waals surface area contributed by atoms with Crippen LogP contribution in [0.5, 0.6) is 11.5 Å². The van der Waals surface area contributed by atoms with Gasteiger partial charge in [-0.15, -0.1) is 0 Å². The SMILES string of the molecule is COc1ccc(NC(C)c2ccc(OC(C)C)cc2)cc1CO. The van der Waals surface area contributed by atoms with Crippen molar-refractivity contribution in [2.24, 2.45) is 0 Å². The summed E-state index contributed by atoms with van der Waals surface area (Å²) in [5.41, 5.74) is 2.89. The largest absolute Gasteiger partial charge is 0.496 e. The lowest BCUT2D eigenvalue weighted by atomic mass is 10.1. The minimum atomic E-state index is -0.0473. The lowest BCUT2D eigenvalue weighted by Crippen LogP contribution is -2.08. The highest BCUT2D eigenvalue weighted by molar-refractivity contribution is 5.52. The molecule has 23 heavy (non-hydrogen) atoms. The van der Waals surface area contributed by atoms with Crippen molar-refractivity contribution < 1.29 is 14.6 Å². The zero-order valence-corrected chi connectivity index (χ0v) is 14.2. The molecule has 0 radical (unpaired) electrons. The van der Waals surface area contributed by atoms with E-state index in [9.17, 15) is 5.11 Å². The number of ether oxygens (including phenoxy) is 2. The van der Waals surface area contributed by atoms with E-state index in [1.807, 2.05) is 44.2 Å². The van der Waals surface area contributed by atoms with Crippen LogP contribution in [0.15, 0.2) is 42.5 Å². The molecule has 0 fully saturated rings. The molecule has 4 heteroatoms. The van der Waals surface area contributed by atoms with Gasteiger partial charge in [0.2, 0.25) is 0 Å². The van der Waals surface area contributed by atoms with Crippen molar-refractivity contribution in [3.8, 4) is 11.5 Å². The van der Waals surface area contributed by atoms with Crippen LogP contribution in [0.2, 0.25) is 0 Å². The van der Waals surface area contributed by atoms with Crippen LogP contribution in [0.1, 0.15) is 37.9 Å². The number of aliphatic hydroxyl groups is 1. The predicted molar refractivity (Wildman–Crippen MR) is 93.2 cm³/mol. The van der Waals surface area contributed by atoms with Crippen molar-refractivity contribution in [2.45, 2.75) is 39.5 Å². The van der Waals surface area contributed by atoms with Crippen LogP contribution in [0.3, 0.4) is 0 Å². The van der Waals surface area contributed by atoms with Crippen LogP contribution in [0.25, 0.3) is 0 Å². The third-order valence-corrected chi connectivity index (χ3v) is 3.59. The first-order valence-corrected chi connectivity index (χ1v) is 7.84. The van der Waals surface area contributed by atoms with Gasteiger partial charge in [0, 0.05) is 17.3 Å². The molecule has 0 saturated heterocycles. The predicted octanol–water partition coefficient (Wildman–Crippen LogP) is 4.15. The van der Waals surface area contributed by atoms with Crippen molar-refractivity contribution in [1.82, 2.24) is 0 Å². The van der Waals surface area contributed by atoms with Crippen molar-refractivity contribution in [3.63, 3.8) is 0 Å². The Labute approximate surface area is 138 Å². The van der Waals surface area contributed by atoms with E-state index in [1.165, 1.54) is 5.56 Å². The molecule has 0 aliphatic rings. The van der Waals surface area contributed by atoms with Crippen LogP contribution < -0.4 is 14.8 Å². The normalized spacial score (nSPS) is 12.1. The van der Waals surface area contributed by atoms with Gasteiger partial charge in [0.1, 0.15) is 11.5 Å². The van der Waals surface area contributed by atoms with E-state index in [0.29, 0.717) is 5.75 Å². The van der Waals surface area contributed by atoms with E-state index < -0.39 is 0 Å². The molecule has 4 nitrogen and oxygen atoms in total. The molecule has 2 N–H and O–H groups in total. The maximum absolute atomic E-state index is 9.41. The van der Waals surface area contributed by atoms with Crippen LogP contribution in [-0.2, 0) is 6.61 Å². The van der Waals surface area contributed by atoms with Crippen molar-refractivity contribution in [2.75, 3.05) is 12.4 Å². The quantitative estimate of drug-likeness (QED) is 0.806. The minimum Gasteiger partial charge on any atom is -0.496 e. The molecule has 2 rings (SSSR count). The molecule has 1 atom stereocenters. The lowest BCUT2D eigenvalue weighted by molar-refractivity contribution is 0.242.